The first-order valence-electron chi connectivity index (χ1n) is 10.4. The first-order valence-corrected chi connectivity index (χ1v) is 12.7. The summed E-state index contributed by atoms with van der Waals surface area (Å²) in [7, 11) is -4.03. The topological polar surface area (TPSA) is 155 Å². The minimum absolute atomic E-state index is 0. The van der Waals surface area contributed by atoms with Crippen molar-refractivity contribution in [2.24, 2.45) is 5.73 Å². The van der Waals surface area contributed by atoms with Gasteiger partial charge in [-0.05, 0) is 6.07 Å². The molecule has 2 aromatic rings. The van der Waals surface area contributed by atoms with E-state index in [1.807, 2.05) is 11.0 Å². The zero-order valence-corrected chi connectivity index (χ0v) is 20.6. The van der Waals surface area contributed by atoms with Crippen molar-refractivity contribution in [1.82, 2.24) is 14.8 Å². The average molecular weight is 532 g/mol. The predicted molar refractivity (Wildman–Crippen MR) is 129 cm³/mol. The Morgan fingerprint density at radius 1 is 1.15 bits per heavy atom. The molecule has 2 aliphatic heterocycles. The molecule has 4 rings (SSSR count). The Labute approximate surface area is 207 Å². The summed E-state index contributed by atoms with van der Waals surface area (Å²) in [5.74, 6) is -1.45. The molecule has 34 heavy (non-hydrogen) atoms. The lowest BCUT2D eigenvalue weighted by Gasteiger charge is -2.41. The largest absolute Gasteiger partial charge is 0.381 e. The summed E-state index contributed by atoms with van der Waals surface area (Å²) in [4.78, 5) is 31.4. The summed E-state index contributed by atoms with van der Waals surface area (Å²) in [6.07, 6.45) is 1.64. The number of thiazole rings is 1. The minimum atomic E-state index is -4.03. The number of nitrogens with zero attached hydrogens (tertiary/aromatic N) is 3. The molecular formula is C20H26ClN5O6S2. The molecular weight excluding hydrogens is 506 g/mol. The number of hydrogen-bond donors (Lipinski definition) is 3. The molecule has 4 N–H and O–H groups in total. The molecule has 0 radical (unpaired) electrons. The van der Waals surface area contributed by atoms with Crippen LogP contribution in [-0.2, 0) is 19.6 Å². The van der Waals surface area contributed by atoms with Gasteiger partial charge in [-0.1, -0.05) is 29.5 Å². The van der Waals surface area contributed by atoms with Gasteiger partial charge in [0.25, 0.3) is 5.91 Å². The fourth-order valence-corrected chi connectivity index (χ4v) is 7.33. The van der Waals surface area contributed by atoms with Gasteiger partial charge in [0.15, 0.2) is 9.88 Å². The van der Waals surface area contributed by atoms with Crippen LogP contribution in [0.5, 0.6) is 0 Å². The number of nitrogens with two attached hydrogens (primary N) is 1. The highest BCUT2D eigenvalue weighted by atomic mass is 35.5. The quantitative estimate of drug-likeness (QED) is 0.366. The van der Waals surface area contributed by atoms with E-state index in [2.05, 4.69) is 4.98 Å². The Bertz CT molecular complexity index is 1140. The Balaban J connectivity index is 0.00000324. The molecule has 14 heteroatoms. The smallest absolute Gasteiger partial charge is 0.266 e. The van der Waals surface area contributed by atoms with Crippen molar-refractivity contribution in [1.29, 1.82) is 0 Å². The van der Waals surface area contributed by atoms with Crippen molar-refractivity contribution in [3.63, 3.8) is 0 Å². The van der Waals surface area contributed by atoms with Gasteiger partial charge in [-0.25, -0.2) is 18.9 Å². The van der Waals surface area contributed by atoms with Gasteiger partial charge in [-0.2, -0.15) is 4.31 Å². The number of hydroxylamine groups is 1. The van der Waals surface area contributed by atoms with Gasteiger partial charge in [0.05, 0.1) is 4.88 Å². The number of primary amides is 1. The van der Waals surface area contributed by atoms with Crippen molar-refractivity contribution < 1.29 is 28.0 Å². The SMILES string of the molecule is Cl.NC(=O)c1ccccc1-c1cnc(N2CCN(S(=O)(=O)C3(C(=O)NO)CCOCC3)CC2)s1. The van der Waals surface area contributed by atoms with E-state index in [1.165, 1.54) is 21.1 Å². The van der Waals surface area contributed by atoms with E-state index in [4.69, 9.17) is 10.5 Å². The Kier molecular flexibility index (Phi) is 8.16. The second kappa shape index (κ2) is 10.5. The Hall–Kier alpha value is -2.29. The van der Waals surface area contributed by atoms with Crippen LogP contribution in [0.3, 0.4) is 0 Å². The Morgan fingerprint density at radius 3 is 2.41 bits per heavy atom. The van der Waals surface area contributed by atoms with Crippen LogP contribution >= 0.6 is 23.7 Å². The summed E-state index contributed by atoms with van der Waals surface area (Å²) in [6, 6.07) is 7.03. The van der Waals surface area contributed by atoms with E-state index >= 15 is 0 Å². The molecule has 0 spiro atoms. The van der Waals surface area contributed by atoms with Gasteiger partial charge in [0, 0.05) is 69.6 Å². The number of amides is 2. The van der Waals surface area contributed by atoms with E-state index in [0.29, 0.717) is 29.3 Å². The molecule has 1 aromatic carbocycles. The zero-order valence-electron chi connectivity index (χ0n) is 18.2. The molecule has 2 aliphatic rings. The first kappa shape index (κ1) is 26.3. The second-order valence-corrected chi connectivity index (χ2v) is 11.1. The number of carbonyl (C=O) groups excluding carboxylic acids is 2. The Morgan fingerprint density at radius 2 is 1.79 bits per heavy atom. The number of sulfonamides is 1. The fourth-order valence-electron chi connectivity index (χ4n) is 4.22. The van der Waals surface area contributed by atoms with E-state index < -0.39 is 26.6 Å². The number of benzene rings is 1. The lowest BCUT2D eigenvalue weighted by molar-refractivity contribution is -0.134. The van der Waals surface area contributed by atoms with Crippen molar-refractivity contribution in [2.45, 2.75) is 17.6 Å². The van der Waals surface area contributed by atoms with Gasteiger partial charge in [0.1, 0.15) is 0 Å². The molecule has 0 aliphatic carbocycles. The molecule has 2 amide bonds. The summed E-state index contributed by atoms with van der Waals surface area (Å²) in [5.41, 5.74) is 8.13. The number of aromatic nitrogens is 1. The van der Waals surface area contributed by atoms with E-state index in [0.717, 1.165) is 4.88 Å². The van der Waals surface area contributed by atoms with Crippen LogP contribution < -0.4 is 16.1 Å². The average Bonchev–Trinajstić information content (AvgIpc) is 3.34. The highest BCUT2D eigenvalue weighted by Crippen LogP contribution is 2.36. The lowest BCUT2D eigenvalue weighted by Crippen LogP contribution is -2.62. The molecule has 1 aromatic heterocycles. The molecule has 2 saturated heterocycles. The number of halogens is 1. The van der Waals surface area contributed by atoms with Crippen molar-refractivity contribution in [3.8, 4) is 10.4 Å². The highest BCUT2D eigenvalue weighted by Gasteiger charge is 2.54. The molecule has 186 valence electrons. The van der Waals surface area contributed by atoms with Crippen LogP contribution in [0.4, 0.5) is 5.13 Å². The molecule has 11 nitrogen and oxygen atoms in total. The van der Waals surface area contributed by atoms with Gasteiger partial charge in [-0.3, -0.25) is 14.8 Å². The predicted octanol–water partition coefficient (Wildman–Crippen LogP) is 0.837. The third-order valence-electron chi connectivity index (χ3n) is 6.11. The number of carbonyl (C=O) groups is 2. The molecule has 0 unspecified atom stereocenters. The lowest BCUT2D eigenvalue weighted by atomic mass is 9.98. The van der Waals surface area contributed by atoms with Crippen LogP contribution in [0.15, 0.2) is 30.5 Å². The number of piperazine rings is 1. The van der Waals surface area contributed by atoms with Crippen LogP contribution in [0, 0.1) is 0 Å². The first-order chi connectivity index (χ1) is 15.8. The fraction of sp³-hybridized carbons (Fsp3) is 0.450. The van der Waals surface area contributed by atoms with Gasteiger partial charge < -0.3 is 15.4 Å². The minimum Gasteiger partial charge on any atom is -0.381 e. The maximum Gasteiger partial charge on any atom is 0.266 e. The van der Waals surface area contributed by atoms with Crippen LogP contribution in [0.1, 0.15) is 23.2 Å². The van der Waals surface area contributed by atoms with Crippen LogP contribution in [-0.4, -0.2) is 78.9 Å². The maximum atomic E-state index is 13.4. The van der Waals surface area contributed by atoms with Gasteiger partial charge in [-0.15, -0.1) is 12.4 Å². The third kappa shape index (κ3) is 4.63. The van der Waals surface area contributed by atoms with Crippen molar-refractivity contribution in [3.05, 3.63) is 36.0 Å². The number of ether oxygens (including phenoxy) is 1. The van der Waals surface area contributed by atoms with E-state index in [9.17, 15) is 23.2 Å². The number of rotatable bonds is 6. The molecule has 2 fully saturated rings. The zero-order chi connectivity index (χ0) is 23.6. The summed E-state index contributed by atoms with van der Waals surface area (Å²) >= 11 is 1.39. The summed E-state index contributed by atoms with van der Waals surface area (Å²) in [5, 5.41) is 9.89. The molecule has 3 heterocycles. The standard InChI is InChI=1S/C20H25N5O6S2.ClH/c21-17(26)15-4-2-1-3-14(15)16-13-22-19(32-16)24-7-9-25(10-8-24)33(29,30)20(18(27)23-28)5-11-31-12-6-20;/h1-4,13,28H,5-12H2,(H2,21,26)(H,23,27);1H. The number of hydrogen-bond acceptors (Lipinski definition) is 9. The maximum absolute atomic E-state index is 13.4. The molecule has 0 bridgehead atoms. The third-order valence-corrected chi connectivity index (χ3v) is 9.83. The molecule has 0 atom stereocenters. The number of anilines is 1. The molecule has 0 saturated carbocycles. The number of nitrogens with one attached hydrogen (secondary N) is 1. The van der Waals surface area contributed by atoms with E-state index in [1.54, 1.807) is 24.4 Å². The van der Waals surface area contributed by atoms with Crippen LogP contribution in [0.25, 0.3) is 10.4 Å². The van der Waals surface area contributed by atoms with Gasteiger partial charge in [0.2, 0.25) is 15.9 Å². The van der Waals surface area contributed by atoms with Crippen molar-refractivity contribution >= 4 is 50.7 Å². The summed E-state index contributed by atoms with van der Waals surface area (Å²) < 4.78 is 31.7. The second-order valence-electron chi connectivity index (χ2n) is 7.86. The highest BCUT2D eigenvalue weighted by molar-refractivity contribution is 7.91. The van der Waals surface area contributed by atoms with Crippen molar-refractivity contribution in [2.75, 3.05) is 44.3 Å². The van der Waals surface area contributed by atoms with Gasteiger partial charge >= 0.3 is 0 Å². The van der Waals surface area contributed by atoms with Crippen LogP contribution in [0.2, 0.25) is 0 Å². The monoisotopic (exact) mass is 531 g/mol. The van der Waals surface area contributed by atoms with E-state index in [-0.39, 0.29) is 51.6 Å². The normalized spacial score (nSPS) is 18.7. The summed E-state index contributed by atoms with van der Waals surface area (Å²) in [6.45, 7) is 1.38.